The van der Waals surface area contributed by atoms with Gasteiger partial charge in [0.05, 0.1) is 5.69 Å². The van der Waals surface area contributed by atoms with E-state index >= 15 is 0 Å². The zero-order valence-electron chi connectivity index (χ0n) is 19.5. The average Bonchev–Trinajstić information content (AvgIpc) is 3.25. The number of aromatic nitrogens is 4. The normalized spacial score (nSPS) is 18.7. The fourth-order valence-electron chi connectivity index (χ4n) is 4.91. The maximum absolute atomic E-state index is 13.9. The molecule has 1 aromatic carbocycles. The number of hydrogen-bond acceptors (Lipinski definition) is 3. The smallest absolute Gasteiger partial charge is 0.293 e. The number of H-pyrrole nitrogens is 1. The Hall–Kier alpha value is -3.35. The first-order valence-corrected chi connectivity index (χ1v) is 12.4. The van der Waals surface area contributed by atoms with Crippen LogP contribution in [0.1, 0.15) is 47.0 Å². The monoisotopic (exact) mass is 599 g/mol. The van der Waals surface area contributed by atoms with Crippen LogP contribution in [0.25, 0.3) is 11.0 Å². The van der Waals surface area contributed by atoms with Gasteiger partial charge >= 0.3 is 0 Å². The SMILES string of the molecule is Fc1cc(F)cc(CCc2nc3[nH]ccc3cc2Br)c1.NC(=O)Cn1nc(C(F)F)c2c1C(F)(F)C1CC21. The van der Waals surface area contributed by atoms with Crippen molar-refractivity contribution in [3.8, 4) is 0 Å². The topological polar surface area (TPSA) is 89.6 Å². The molecule has 3 N–H and O–H groups in total. The molecular formula is C25H20BrF6N5O. The Morgan fingerprint density at radius 3 is 2.55 bits per heavy atom. The molecule has 2 aliphatic carbocycles. The quantitative estimate of drug-likeness (QED) is 0.270. The van der Waals surface area contributed by atoms with Crippen LogP contribution in [0.3, 0.4) is 0 Å². The summed E-state index contributed by atoms with van der Waals surface area (Å²) in [5, 5.41) is 4.46. The fourth-order valence-corrected chi connectivity index (χ4v) is 5.45. The highest BCUT2D eigenvalue weighted by atomic mass is 79.9. The van der Waals surface area contributed by atoms with E-state index in [9.17, 15) is 31.1 Å². The number of carbonyl (C=O) groups excluding carboxylic acids is 1. The standard InChI is InChI=1S/C15H11BrF2N2.C10H9F4N3O/c16-13-7-10-3-4-19-15(10)20-14(13)2-1-9-5-11(17)8-12(18)6-9;11-9(12)7-6-3-1-4(3)10(13,14)8(6)17(16-7)2-5(15)18/h3-8H,1-2H2,(H,19,20);3-4,9H,1-2H2,(H2,15,18). The van der Waals surface area contributed by atoms with Crippen molar-refractivity contribution in [3.05, 3.63) is 80.8 Å². The van der Waals surface area contributed by atoms with Gasteiger partial charge in [-0.25, -0.2) is 22.5 Å². The molecule has 0 aliphatic heterocycles. The Balaban J connectivity index is 0.000000156. The average molecular weight is 600 g/mol. The van der Waals surface area contributed by atoms with Crippen molar-refractivity contribution < 1.29 is 31.1 Å². The highest BCUT2D eigenvalue weighted by Gasteiger charge is 2.67. The van der Waals surface area contributed by atoms with Gasteiger partial charge in [-0.1, -0.05) is 0 Å². The maximum atomic E-state index is 13.9. The largest absolute Gasteiger partial charge is 0.368 e. The summed E-state index contributed by atoms with van der Waals surface area (Å²) in [4.78, 5) is 18.3. The zero-order valence-corrected chi connectivity index (χ0v) is 21.1. The number of aromatic amines is 1. The first-order valence-electron chi connectivity index (χ1n) is 11.6. The molecule has 2 atom stereocenters. The van der Waals surface area contributed by atoms with Crippen LogP contribution in [-0.4, -0.2) is 25.7 Å². The lowest BCUT2D eigenvalue weighted by atomic mass is 10.1. The number of fused-ring (bicyclic) bond motifs is 4. The van der Waals surface area contributed by atoms with Gasteiger partial charge in [-0.2, -0.15) is 13.9 Å². The predicted molar refractivity (Wildman–Crippen MR) is 129 cm³/mol. The molecule has 2 aliphatic rings. The molecule has 3 heterocycles. The van der Waals surface area contributed by atoms with Crippen molar-refractivity contribution in [2.45, 2.75) is 44.1 Å². The number of benzene rings is 1. The number of hydrogen-bond donors (Lipinski definition) is 2. The van der Waals surface area contributed by atoms with E-state index in [-0.39, 0.29) is 12.0 Å². The van der Waals surface area contributed by atoms with Crippen molar-refractivity contribution >= 4 is 32.9 Å². The predicted octanol–water partition coefficient (Wildman–Crippen LogP) is 5.90. The number of nitrogens with two attached hydrogens (primary N) is 1. The van der Waals surface area contributed by atoms with Crippen LogP contribution in [-0.2, 0) is 30.1 Å². The van der Waals surface area contributed by atoms with Crippen LogP contribution in [0.5, 0.6) is 0 Å². The number of carbonyl (C=O) groups is 1. The minimum Gasteiger partial charge on any atom is -0.368 e. The van der Waals surface area contributed by atoms with Crippen molar-refractivity contribution in [2.75, 3.05) is 0 Å². The van der Waals surface area contributed by atoms with Crippen molar-refractivity contribution in [3.63, 3.8) is 0 Å². The van der Waals surface area contributed by atoms with Crippen LogP contribution in [0, 0.1) is 17.6 Å². The number of nitrogens with one attached hydrogen (secondary N) is 1. The molecule has 0 spiro atoms. The van der Waals surface area contributed by atoms with Crippen LogP contribution in [0.15, 0.2) is 41.0 Å². The molecule has 0 bridgehead atoms. The van der Waals surface area contributed by atoms with E-state index in [0.29, 0.717) is 23.1 Å². The minimum absolute atomic E-state index is 0.0822. The Morgan fingerprint density at radius 1 is 1.18 bits per heavy atom. The fraction of sp³-hybridized carbons (Fsp3) is 0.320. The second kappa shape index (κ2) is 9.75. The lowest BCUT2D eigenvalue weighted by Gasteiger charge is -2.14. The lowest BCUT2D eigenvalue weighted by Crippen LogP contribution is -2.26. The van der Waals surface area contributed by atoms with Gasteiger partial charge in [-0.05, 0) is 70.9 Å². The summed E-state index contributed by atoms with van der Waals surface area (Å²) in [6.07, 6.45) is 0.242. The second-order valence-electron chi connectivity index (χ2n) is 9.25. The summed E-state index contributed by atoms with van der Waals surface area (Å²) in [5.41, 5.74) is 5.93. The lowest BCUT2D eigenvalue weighted by molar-refractivity contribution is -0.119. The molecule has 6 rings (SSSR count). The van der Waals surface area contributed by atoms with Crippen LogP contribution < -0.4 is 5.73 Å². The molecule has 3 aromatic heterocycles. The zero-order chi connectivity index (χ0) is 27.4. The van der Waals surface area contributed by atoms with Gasteiger partial charge in [0.25, 0.3) is 12.3 Å². The molecule has 0 radical (unpaired) electrons. The summed E-state index contributed by atoms with van der Waals surface area (Å²) >= 11 is 3.48. The number of pyridine rings is 1. The van der Waals surface area contributed by atoms with Gasteiger partial charge in [0.1, 0.15) is 35.2 Å². The Bertz CT molecular complexity index is 1510. The Labute approximate surface area is 220 Å². The van der Waals surface area contributed by atoms with E-state index in [1.54, 1.807) is 0 Å². The first-order chi connectivity index (χ1) is 18.0. The van der Waals surface area contributed by atoms with Gasteiger partial charge in [-0.15, -0.1) is 0 Å². The molecular weight excluding hydrogens is 580 g/mol. The third-order valence-electron chi connectivity index (χ3n) is 6.61. The van der Waals surface area contributed by atoms with Crippen molar-refractivity contribution in [1.82, 2.24) is 19.7 Å². The summed E-state index contributed by atoms with van der Waals surface area (Å²) in [5.74, 6) is -6.67. The van der Waals surface area contributed by atoms with E-state index in [1.165, 1.54) is 12.1 Å². The molecule has 1 fully saturated rings. The summed E-state index contributed by atoms with van der Waals surface area (Å²) in [6, 6.07) is 7.51. The number of halogens is 7. The minimum atomic E-state index is -3.20. The third kappa shape index (κ3) is 4.91. The van der Waals surface area contributed by atoms with Crippen molar-refractivity contribution in [2.24, 2.45) is 11.7 Å². The second-order valence-corrected chi connectivity index (χ2v) is 10.1. The van der Waals surface area contributed by atoms with Gasteiger partial charge < -0.3 is 10.7 Å². The summed E-state index contributed by atoms with van der Waals surface area (Å²) < 4.78 is 81.2. The summed E-state index contributed by atoms with van der Waals surface area (Å²) in [6.45, 7) is -0.607. The van der Waals surface area contributed by atoms with E-state index in [1.807, 2.05) is 18.3 Å². The number of rotatable bonds is 6. The van der Waals surface area contributed by atoms with Gasteiger partial charge in [0, 0.05) is 33.6 Å². The van der Waals surface area contributed by atoms with Crippen LogP contribution in [0.2, 0.25) is 0 Å². The number of primary amides is 1. The van der Waals surface area contributed by atoms with Crippen LogP contribution >= 0.6 is 15.9 Å². The molecule has 1 saturated carbocycles. The van der Waals surface area contributed by atoms with Gasteiger partial charge in [0.2, 0.25) is 5.91 Å². The molecule has 0 saturated heterocycles. The number of alkyl halides is 4. The third-order valence-corrected chi connectivity index (χ3v) is 7.29. The van der Waals surface area contributed by atoms with Gasteiger partial charge in [0.15, 0.2) is 0 Å². The molecule has 13 heteroatoms. The van der Waals surface area contributed by atoms with Crippen LogP contribution in [0.4, 0.5) is 26.3 Å². The maximum Gasteiger partial charge on any atom is 0.293 e. The van der Waals surface area contributed by atoms with E-state index in [0.717, 1.165) is 27.3 Å². The molecule has 4 aromatic rings. The highest BCUT2D eigenvalue weighted by molar-refractivity contribution is 9.10. The summed E-state index contributed by atoms with van der Waals surface area (Å²) in [7, 11) is 0. The van der Waals surface area contributed by atoms with E-state index < -0.39 is 59.7 Å². The molecule has 38 heavy (non-hydrogen) atoms. The van der Waals surface area contributed by atoms with E-state index in [4.69, 9.17) is 5.73 Å². The number of nitrogens with zero attached hydrogens (tertiary/aromatic N) is 3. The van der Waals surface area contributed by atoms with E-state index in [2.05, 4.69) is 31.0 Å². The Kier molecular flexibility index (Phi) is 6.74. The molecule has 6 nitrogen and oxygen atoms in total. The number of amides is 1. The first kappa shape index (κ1) is 26.3. The van der Waals surface area contributed by atoms with Gasteiger partial charge in [-0.3, -0.25) is 9.48 Å². The number of aryl methyl sites for hydroxylation is 2. The molecule has 200 valence electrons. The highest BCUT2D eigenvalue weighted by Crippen LogP contribution is 2.68. The molecule has 2 unspecified atom stereocenters. The van der Waals surface area contributed by atoms with Crippen molar-refractivity contribution in [1.29, 1.82) is 0 Å². The molecule has 1 amide bonds. The Morgan fingerprint density at radius 2 is 1.89 bits per heavy atom.